The summed E-state index contributed by atoms with van der Waals surface area (Å²) in [5.74, 6) is 0.832. The van der Waals surface area contributed by atoms with Gasteiger partial charge < -0.3 is 14.8 Å². The van der Waals surface area contributed by atoms with Crippen LogP contribution in [0.5, 0.6) is 11.5 Å². The van der Waals surface area contributed by atoms with Crippen LogP contribution in [0, 0.1) is 6.92 Å². The van der Waals surface area contributed by atoms with E-state index in [0.717, 1.165) is 11.6 Å². The molecular weight excluding hydrogens is 471 g/mol. The molecule has 1 amide bonds. The van der Waals surface area contributed by atoms with E-state index < -0.39 is 23.1 Å². The largest absolute Gasteiger partial charge is 0.454 e. The van der Waals surface area contributed by atoms with Crippen molar-refractivity contribution in [3.05, 3.63) is 76.9 Å². The third kappa shape index (κ3) is 4.43. The molecule has 5 nitrogen and oxygen atoms in total. The van der Waals surface area contributed by atoms with Gasteiger partial charge in [0.1, 0.15) is 5.78 Å². The summed E-state index contributed by atoms with van der Waals surface area (Å²) in [6, 6.07) is 14.5. The number of hydrogen-bond acceptors (Lipinski definition) is 4. The van der Waals surface area contributed by atoms with E-state index in [1.54, 1.807) is 31.2 Å². The molecule has 0 bridgehead atoms. The highest BCUT2D eigenvalue weighted by atomic mass is 19.4. The Morgan fingerprint density at radius 1 is 0.944 bits per heavy atom. The van der Waals surface area contributed by atoms with Crippen molar-refractivity contribution in [2.75, 3.05) is 12.1 Å². The van der Waals surface area contributed by atoms with Gasteiger partial charge in [-0.05, 0) is 71.8 Å². The number of benzene rings is 3. The third-order valence-electron chi connectivity index (χ3n) is 6.81. The summed E-state index contributed by atoms with van der Waals surface area (Å²) in [5, 5.41) is 2.40. The van der Waals surface area contributed by atoms with Crippen molar-refractivity contribution in [1.29, 1.82) is 0 Å². The van der Waals surface area contributed by atoms with Gasteiger partial charge >= 0.3 is 6.18 Å². The van der Waals surface area contributed by atoms with Crippen LogP contribution in [0.4, 0.5) is 18.9 Å². The van der Waals surface area contributed by atoms with Crippen molar-refractivity contribution < 1.29 is 32.2 Å². The summed E-state index contributed by atoms with van der Waals surface area (Å²) in [7, 11) is 0. The lowest BCUT2D eigenvalue weighted by Gasteiger charge is -2.18. The molecular formula is C28H24F3NO4. The number of hydrogen-bond donors (Lipinski definition) is 1. The Morgan fingerprint density at radius 3 is 2.39 bits per heavy atom. The lowest BCUT2D eigenvalue weighted by atomic mass is 9.86. The Hall–Kier alpha value is -3.81. The van der Waals surface area contributed by atoms with Crippen molar-refractivity contribution in [2.24, 2.45) is 0 Å². The average Bonchev–Trinajstić information content (AvgIpc) is 3.50. The van der Waals surface area contributed by atoms with Crippen LogP contribution < -0.4 is 14.8 Å². The van der Waals surface area contributed by atoms with Crippen LogP contribution in [0.25, 0.3) is 11.1 Å². The van der Waals surface area contributed by atoms with Gasteiger partial charge in [0.25, 0.3) is 0 Å². The predicted molar refractivity (Wildman–Crippen MR) is 128 cm³/mol. The summed E-state index contributed by atoms with van der Waals surface area (Å²) in [6.07, 6.45) is -3.09. The van der Waals surface area contributed by atoms with E-state index in [-0.39, 0.29) is 30.2 Å². The van der Waals surface area contributed by atoms with Crippen LogP contribution in [0.2, 0.25) is 0 Å². The maximum Gasteiger partial charge on any atom is 0.417 e. The molecule has 1 N–H and O–H groups in total. The molecule has 0 atom stereocenters. The first-order chi connectivity index (χ1) is 17.1. The van der Waals surface area contributed by atoms with Gasteiger partial charge in [0.2, 0.25) is 12.7 Å². The maximum absolute atomic E-state index is 14.0. The summed E-state index contributed by atoms with van der Waals surface area (Å²) in [6.45, 7) is 3.12. The zero-order valence-electron chi connectivity index (χ0n) is 19.8. The van der Waals surface area contributed by atoms with Crippen molar-refractivity contribution in [2.45, 2.75) is 44.7 Å². The molecule has 0 unspecified atom stereocenters. The fourth-order valence-electron chi connectivity index (χ4n) is 4.77. The number of rotatable bonds is 6. The molecule has 0 spiro atoms. The van der Waals surface area contributed by atoms with Crippen LogP contribution in [-0.4, -0.2) is 18.5 Å². The molecule has 0 aromatic heterocycles. The first-order valence-electron chi connectivity index (χ1n) is 11.6. The van der Waals surface area contributed by atoms with Crippen molar-refractivity contribution >= 4 is 17.4 Å². The molecule has 2 aliphatic rings. The van der Waals surface area contributed by atoms with Gasteiger partial charge in [-0.15, -0.1) is 0 Å². The second kappa shape index (κ2) is 8.69. The van der Waals surface area contributed by atoms with E-state index >= 15 is 0 Å². The van der Waals surface area contributed by atoms with Crippen molar-refractivity contribution in [1.82, 2.24) is 0 Å². The van der Waals surface area contributed by atoms with E-state index in [1.807, 2.05) is 12.1 Å². The zero-order chi connectivity index (χ0) is 25.7. The monoisotopic (exact) mass is 495 g/mol. The average molecular weight is 495 g/mol. The molecule has 36 heavy (non-hydrogen) atoms. The third-order valence-corrected chi connectivity index (χ3v) is 6.81. The van der Waals surface area contributed by atoms with Crippen LogP contribution >= 0.6 is 0 Å². The molecule has 1 aliphatic heterocycles. The number of Topliss-reactive ketones (excluding diaryl/α,β-unsaturated/α-hetero) is 1. The molecule has 3 aromatic carbocycles. The Balaban J connectivity index is 1.45. The van der Waals surface area contributed by atoms with Gasteiger partial charge in [0, 0.05) is 19.0 Å². The van der Waals surface area contributed by atoms with Crippen LogP contribution in [0.15, 0.2) is 54.6 Å². The summed E-state index contributed by atoms with van der Waals surface area (Å²) in [5.41, 5.74) is 1.18. The Bertz CT molecular complexity index is 1380. The van der Waals surface area contributed by atoms with Crippen molar-refractivity contribution in [3.63, 3.8) is 0 Å². The minimum absolute atomic E-state index is 0.000284. The lowest BCUT2D eigenvalue weighted by molar-refractivity contribution is -0.137. The normalized spacial score (nSPS) is 15.5. The molecule has 1 saturated carbocycles. The summed E-state index contributed by atoms with van der Waals surface area (Å²) < 4.78 is 52.7. The first-order valence-corrected chi connectivity index (χ1v) is 11.6. The number of halogens is 3. The van der Waals surface area contributed by atoms with Crippen LogP contribution in [-0.2, 0) is 27.6 Å². The second-order valence-electron chi connectivity index (χ2n) is 9.34. The SMILES string of the molecule is CC(=O)Nc1ccc(-c2cc(CC(=O)C3(c4ccc5c(c4)OCO5)CC3)ccc2C)c(C(F)(F)F)c1. The van der Waals surface area contributed by atoms with E-state index in [9.17, 15) is 22.8 Å². The zero-order valence-corrected chi connectivity index (χ0v) is 19.8. The van der Waals surface area contributed by atoms with E-state index in [4.69, 9.17) is 9.47 Å². The topological polar surface area (TPSA) is 64.6 Å². The molecule has 3 aromatic rings. The fourth-order valence-corrected chi connectivity index (χ4v) is 4.77. The van der Waals surface area contributed by atoms with Gasteiger partial charge in [-0.3, -0.25) is 9.59 Å². The van der Waals surface area contributed by atoms with Crippen molar-refractivity contribution in [3.8, 4) is 22.6 Å². The number of amides is 1. The highest BCUT2D eigenvalue weighted by Crippen LogP contribution is 2.51. The highest BCUT2D eigenvalue weighted by molar-refractivity contribution is 5.95. The Kier molecular flexibility index (Phi) is 5.77. The maximum atomic E-state index is 14.0. The molecule has 0 radical (unpaired) electrons. The highest BCUT2D eigenvalue weighted by Gasteiger charge is 2.50. The summed E-state index contributed by atoms with van der Waals surface area (Å²) >= 11 is 0. The minimum Gasteiger partial charge on any atom is -0.454 e. The number of alkyl halides is 3. The predicted octanol–water partition coefficient (Wildman–Crippen LogP) is 6.21. The van der Waals surface area contributed by atoms with E-state index in [2.05, 4.69) is 5.32 Å². The standard InChI is InChI=1S/C28H24F3NO4/c1-16-3-4-18(11-22(16)21-7-6-20(32-17(2)33)14-23(21)28(29,30)31)12-26(34)27(9-10-27)19-5-8-24-25(13-19)36-15-35-24/h3-8,11,13-14H,9-10,12,15H2,1-2H3,(H,32,33). The number of ether oxygens (including phenoxy) is 2. The number of carbonyl (C=O) groups is 2. The molecule has 186 valence electrons. The van der Waals surface area contributed by atoms with Gasteiger partial charge in [0.15, 0.2) is 11.5 Å². The quantitative estimate of drug-likeness (QED) is 0.442. The lowest BCUT2D eigenvalue weighted by Crippen LogP contribution is -2.22. The molecule has 1 heterocycles. The Labute approximate surface area is 206 Å². The minimum atomic E-state index is -4.63. The first kappa shape index (κ1) is 23.9. The van der Waals surface area contributed by atoms with Gasteiger partial charge in [0.05, 0.1) is 11.0 Å². The number of carbonyl (C=O) groups excluding carboxylic acids is 2. The molecule has 1 fully saturated rings. The van der Waals surface area contributed by atoms with Gasteiger partial charge in [-0.2, -0.15) is 13.2 Å². The molecule has 8 heteroatoms. The molecule has 0 saturated heterocycles. The van der Waals surface area contributed by atoms with E-state index in [0.29, 0.717) is 41.0 Å². The summed E-state index contributed by atoms with van der Waals surface area (Å²) in [4.78, 5) is 24.7. The fraction of sp³-hybridized carbons (Fsp3) is 0.286. The number of fused-ring (bicyclic) bond motifs is 1. The van der Waals surface area contributed by atoms with E-state index in [1.165, 1.54) is 19.1 Å². The number of aryl methyl sites for hydroxylation is 1. The van der Waals surface area contributed by atoms with Crippen LogP contribution in [0.1, 0.15) is 42.0 Å². The molecule has 1 aliphatic carbocycles. The van der Waals surface area contributed by atoms with Gasteiger partial charge in [-0.1, -0.05) is 30.3 Å². The smallest absolute Gasteiger partial charge is 0.417 e. The number of nitrogens with one attached hydrogen (secondary N) is 1. The van der Waals surface area contributed by atoms with Crippen LogP contribution in [0.3, 0.4) is 0 Å². The molecule has 5 rings (SSSR count). The number of ketones is 1. The second-order valence-corrected chi connectivity index (χ2v) is 9.34. The number of anilines is 1. The Morgan fingerprint density at radius 2 is 1.69 bits per heavy atom. The van der Waals surface area contributed by atoms with Gasteiger partial charge in [-0.25, -0.2) is 0 Å².